The van der Waals surface area contributed by atoms with Gasteiger partial charge < -0.3 is 15.3 Å². The summed E-state index contributed by atoms with van der Waals surface area (Å²) < 4.78 is 0. The minimum Gasteiger partial charge on any atom is -0.481 e. The number of carboxylic acid groups (broad SMARTS) is 1. The van der Waals surface area contributed by atoms with Crippen LogP contribution < -0.4 is 5.32 Å². The van der Waals surface area contributed by atoms with Crippen LogP contribution in [0.5, 0.6) is 0 Å². The summed E-state index contributed by atoms with van der Waals surface area (Å²) in [6, 6.07) is -0.0838. The Morgan fingerprint density at radius 2 is 2.12 bits per heavy atom. The molecule has 0 bridgehead atoms. The monoisotopic (exact) mass is 242 g/mol. The average molecular weight is 242 g/mol. The summed E-state index contributed by atoms with van der Waals surface area (Å²) in [6.45, 7) is 2.74. The highest BCUT2D eigenvalue weighted by Crippen LogP contribution is 2.24. The number of carboxylic acids is 1. The van der Waals surface area contributed by atoms with Crippen molar-refractivity contribution in [2.75, 3.05) is 13.6 Å². The number of rotatable bonds is 4. The summed E-state index contributed by atoms with van der Waals surface area (Å²) in [5.74, 6) is -1.05. The Hall–Kier alpha value is -1.26. The molecular formula is C12H22N2O3. The van der Waals surface area contributed by atoms with Crippen molar-refractivity contribution in [2.24, 2.45) is 5.92 Å². The summed E-state index contributed by atoms with van der Waals surface area (Å²) in [7, 11) is 1.76. The Bertz CT molecular complexity index is 281. The predicted molar refractivity (Wildman–Crippen MR) is 64.8 cm³/mol. The first kappa shape index (κ1) is 13.8. The number of nitrogens with one attached hydrogen (secondary N) is 1. The molecule has 0 saturated heterocycles. The normalized spacial score (nSPS) is 24.1. The van der Waals surface area contributed by atoms with E-state index in [1.54, 1.807) is 11.9 Å². The predicted octanol–water partition coefficient (Wildman–Crippen LogP) is 1.68. The fourth-order valence-electron chi connectivity index (χ4n) is 2.27. The van der Waals surface area contributed by atoms with E-state index in [1.807, 2.05) is 6.92 Å². The van der Waals surface area contributed by atoms with Gasteiger partial charge in [0, 0.05) is 19.6 Å². The van der Waals surface area contributed by atoms with E-state index in [1.165, 1.54) is 0 Å². The standard InChI is InChI=1S/C12H22N2O3/c1-3-7-14(2)12(17)13-10-6-4-5-9(8-10)11(15)16/h9-10H,3-8H2,1-2H3,(H,13,17)(H,15,16). The van der Waals surface area contributed by atoms with Gasteiger partial charge in [-0.15, -0.1) is 0 Å². The highest BCUT2D eigenvalue weighted by atomic mass is 16.4. The van der Waals surface area contributed by atoms with Crippen molar-refractivity contribution in [2.45, 2.75) is 45.1 Å². The Labute approximate surface area is 102 Å². The van der Waals surface area contributed by atoms with Gasteiger partial charge >= 0.3 is 12.0 Å². The van der Waals surface area contributed by atoms with Crippen molar-refractivity contribution >= 4 is 12.0 Å². The Kier molecular flexibility index (Phi) is 5.25. The molecule has 2 N–H and O–H groups in total. The van der Waals surface area contributed by atoms with E-state index in [-0.39, 0.29) is 18.0 Å². The van der Waals surface area contributed by atoms with Crippen LogP contribution in [0.15, 0.2) is 0 Å². The second kappa shape index (κ2) is 6.47. The van der Waals surface area contributed by atoms with Crippen molar-refractivity contribution in [1.29, 1.82) is 0 Å². The lowest BCUT2D eigenvalue weighted by Gasteiger charge is -2.29. The molecule has 2 atom stereocenters. The molecule has 98 valence electrons. The van der Waals surface area contributed by atoms with Gasteiger partial charge in [0.15, 0.2) is 0 Å². The number of amides is 2. The lowest BCUT2D eigenvalue weighted by atomic mass is 9.86. The van der Waals surface area contributed by atoms with Crippen molar-refractivity contribution in [3.05, 3.63) is 0 Å². The molecule has 0 spiro atoms. The van der Waals surface area contributed by atoms with Gasteiger partial charge in [-0.05, 0) is 25.7 Å². The van der Waals surface area contributed by atoms with Gasteiger partial charge in [0.05, 0.1) is 5.92 Å². The minimum atomic E-state index is -0.745. The number of urea groups is 1. The van der Waals surface area contributed by atoms with Crippen LogP contribution in [0.4, 0.5) is 4.79 Å². The first-order valence-corrected chi connectivity index (χ1v) is 6.29. The molecule has 1 fully saturated rings. The molecule has 0 aromatic heterocycles. The van der Waals surface area contributed by atoms with Crippen LogP contribution in [0, 0.1) is 5.92 Å². The SMILES string of the molecule is CCCN(C)C(=O)NC1CCCC(C(=O)O)C1. The minimum absolute atomic E-state index is 0.0108. The molecular weight excluding hydrogens is 220 g/mol. The summed E-state index contributed by atoms with van der Waals surface area (Å²) in [6.07, 6.45) is 3.97. The molecule has 5 heteroatoms. The molecule has 2 unspecified atom stereocenters. The molecule has 5 nitrogen and oxygen atoms in total. The summed E-state index contributed by atoms with van der Waals surface area (Å²) in [5, 5.41) is 11.9. The number of hydrogen-bond donors (Lipinski definition) is 2. The highest BCUT2D eigenvalue weighted by molar-refractivity contribution is 5.74. The van der Waals surface area contributed by atoms with Gasteiger partial charge in [-0.2, -0.15) is 0 Å². The van der Waals surface area contributed by atoms with Crippen LogP contribution in [-0.4, -0.2) is 41.6 Å². The lowest BCUT2D eigenvalue weighted by Crippen LogP contribution is -2.45. The largest absolute Gasteiger partial charge is 0.481 e. The van der Waals surface area contributed by atoms with Crippen molar-refractivity contribution < 1.29 is 14.7 Å². The topological polar surface area (TPSA) is 69.6 Å². The maximum Gasteiger partial charge on any atom is 0.317 e. The Morgan fingerprint density at radius 1 is 1.41 bits per heavy atom. The number of nitrogens with zero attached hydrogens (tertiary/aromatic N) is 1. The third-order valence-electron chi connectivity index (χ3n) is 3.26. The quantitative estimate of drug-likeness (QED) is 0.788. The fourth-order valence-corrected chi connectivity index (χ4v) is 2.27. The lowest BCUT2D eigenvalue weighted by molar-refractivity contribution is -0.143. The molecule has 0 aromatic carbocycles. The zero-order valence-corrected chi connectivity index (χ0v) is 10.6. The van der Waals surface area contributed by atoms with Crippen molar-refractivity contribution in [3.63, 3.8) is 0 Å². The summed E-state index contributed by atoms with van der Waals surface area (Å²) in [5.41, 5.74) is 0. The second-order valence-corrected chi connectivity index (χ2v) is 4.77. The van der Waals surface area contributed by atoms with Crippen molar-refractivity contribution in [3.8, 4) is 0 Å². The molecule has 1 aliphatic rings. The van der Waals surface area contributed by atoms with Crippen LogP contribution >= 0.6 is 0 Å². The molecule has 1 rings (SSSR count). The van der Waals surface area contributed by atoms with E-state index in [9.17, 15) is 9.59 Å². The molecule has 1 saturated carbocycles. The molecule has 2 amide bonds. The zero-order valence-electron chi connectivity index (χ0n) is 10.6. The fraction of sp³-hybridized carbons (Fsp3) is 0.833. The summed E-state index contributed by atoms with van der Waals surface area (Å²) in [4.78, 5) is 24.3. The number of aliphatic carboxylic acids is 1. The molecule has 0 radical (unpaired) electrons. The van der Waals surface area contributed by atoms with E-state index in [0.717, 1.165) is 32.2 Å². The average Bonchev–Trinajstić information content (AvgIpc) is 2.29. The zero-order chi connectivity index (χ0) is 12.8. The van der Waals surface area contributed by atoms with Crippen LogP contribution in [0.3, 0.4) is 0 Å². The van der Waals surface area contributed by atoms with Crippen LogP contribution in [0.25, 0.3) is 0 Å². The van der Waals surface area contributed by atoms with E-state index in [4.69, 9.17) is 5.11 Å². The van der Waals surface area contributed by atoms with E-state index < -0.39 is 5.97 Å². The van der Waals surface area contributed by atoms with E-state index in [2.05, 4.69) is 5.32 Å². The number of carbonyl (C=O) groups is 2. The third-order valence-corrected chi connectivity index (χ3v) is 3.26. The number of hydrogen-bond acceptors (Lipinski definition) is 2. The molecule has 17 heavy (non-hydrogen) atoms. The first-order chi connectivity index (χ1) is 8.04. The summed E-state index contributed by atoms with van der Waals surface area (Å²) >= 11 is 0. The molecule has 0 aromatic rings. The molecule has 1 aliphatic carbocycles. The van der Waals surface area contributed by atoms with Gasteiger partial charge in [-0.25, -0.2) is 4.79 Å². The molecule has 0 aliphatic heterocycles. The van der Waals surface area contributed by atoms with E-state index in [0.29, 0.717) is 6.42 Å². The van der Waals surface area contributed by atoms with Gasteiger partial charge in [-0.1, -0.05) is 13.3 Å². The Balaban J connectivity index is 2.40. The maximum absolute atomic E-state index is 11.7. The van der Waals surface area contributed by atoms with Gasteiger partial charge in [0.1, 0.15) is 0 Å². The maximum atomic E-state index is 11.7. The first-order valence-electron chi connectivity index (χ1n) is 6.29. The Morgan fingerprint density at radius 3 is 2.71 bits per heavy atom. The second-order valence-electron chi connectivity index (χ2n) is 4.77. The van der Waals surface area contributed by atoms with Gasteiger partial charge in [0.2, 0.25) is 0 Å². The van der Waals surface area contributed by atoms with Crippen LogP contribution in [-0.2, 0) is 4.79 Å². The third kappa shape index (κ3) is 4.24. The van der Waals surface area contributed by atoms with Crippen LogP contribution in [0.2, 0.25) is 0 Å². The molecule has 0 heterocycles. The van der Waals surface area contributed by atoms with Crippen LogP contribution in [0.1, 0.15) is 39.0 Å². The van der Waals surface area contributed by atoms with E-state index >= 15 is 0 Å². The highest BCUT2D eigenvalue weighted by Gasteiger charge is 2.28. The number of carbonyl (C=O) groups excluding carboxylic acids is 1. The van der Waals surface area contributed by atoms with Gasteiger partial charge in [0.25, 0.3) is 0 Å². The van der Waals surface area contributed by atoms with Gasteiger partial charge in [-0.3, -0.25) is 4.79 Å². The van der Waals surface area contributed by atoms with Crippen molar-refractivity contribution in [1.82, 2.24) is 10.2 Å². The smallest absolute Gasteiger partial charge is 0.317 e.